The number of benzene rings is 4. The maximum atomic E-state index is 14.9. The van der Waals surface area contributed by atoms with Crippen molar-refractivity contribution in [2.24, 2.45) is 5.92 Å². The molecule has 3 heterocycles. The lowest BCUT2D eigenvalue weighted by Gasteiger charge is -2.38. The fourth-order valence-electron chi connectivity index (χ4n) is 7.42. The van der Waals surface area contributed by atoms with Crippen molar-refractivity contribution in [1.29, 1.82) is 0 Å². The molecule has 0 saturated carbocycles. The van der Waals surface area contributed by atoms with E-state index in [1.165, 1.54) is 0 Å². The molecule has 0 unspecified atom stereocenters. The smallest absolute Gasteiger partial charge is 0.238 e. The highest BCUT2D eigenvalue weighted by molar-refractivity contribution is 6.16. The monoisotopic (exact) mass is 568 g/mol. The molecule has 43 heavy (non-hydrogen) atoms. The van der Waals surface area contributed by atoms with E-state index < -0.39 is 23.4 Å². The fourth-order valence-corrected chi connectivity index (χ4v) is 7.42. The Balaban J connectivity index is 1.50. The number of nitrogens with zero attached hydrogens (tertiary/aromatic N) is 1. The average molecular weight is 569 g/mol. The number of hydrogen-bond donors (Lipinski definition) is 1. The first-order valence-corrected chi connectivity index (χ1v) is 14.8. The molecule has 3 aliphatic heterocycles. The number of rotatable bonds is 7. The van der Waals surface area contributed by atoms with E-state index >= 15 is 0 Å². The summed E-state index contributed by atoms with van der Waals surface area (Å²) in [7, 11) is 1.56. The van der Waals surface area contributed by atoms with Gasteiger partial charge in [0, 0.05) is 23.0 Å². The number of methoxy groups -OCH3 is 1. The number of carbonyl (C=O) groups is 3. The molecule has 214 valence electrons. The molecule has 6 nitrogen and oxygen atoms in total. The molecule has 6 heteroatoms. The first-order chi connectivity index (χ1) is 21.0. The van der Waals surface area contributed by atoms with Crippen LogP contribution in [0.4, 0.5) is 5.69 Å². The molecule has 4 aromatic rings. The zero-order chi connectivity index (χ0) is 29.7. The van der Waals surface area contributed by atoms with Gasteiger partial charge in [0.25, 0.3) is 0 Å². The zero-order valence-corrected chi connectivity index (χ0v) is 24.1. The second-order valence-electron chi connectivity index (χ2n) is 11.5. The molecule has 1 N–H and O–H groups in total. The maximum absolute atomic E-state index is 14.9. The Morgan fingerprint density at radius 1 is 0.884 bits per heavy atom. The molecule has 0 aliphatic carbocycles. The van der Waals surface area contributed by atoms with Gasteiger partial charge in [-0.1, -0.05) is 92.2 Å². The van der Waals surface area contributed by atoms with Crippen LogP contribution in [-0.4, -0.2) is 35.5 Å². The van der Waals surface area contributed by atoms with Crippen molar-refractivity contribution in [2.45, 2.75) is 37.3 Å². The highest BCUT2D eigenvalue weighted by Crippen LogP contribution is 2.62. The summed E-state index contributed by atoms with van der Waals surface area (Å²) >= 11 is 0. The van der Waals surface area contributed by atoms with Crippen LogP contribution in [0.25, 0.3) is 6.08 Å². The fraction of sp³-hybridized carbons (Fsp3) is 0.216. The van der Waals surface area contributed by atoms with E-state index in [1.807, 2.05) is 90.0 Å². The van der Waals surface area contributed by atoms with Gasteiger partial charge in [-0.15, -0.1) is 0 Å². The number of Topliss-reactive ketones (excluding diaryl/α,β-unsaturated/α-hetero) is 2. The summed E-state index contributed by atoms with van der Waals surface area (Å²) in [4.78, 5) is 46.2. The number of amides is 1. The molecule has 4 aromatic carbocycles. The quantitative estimate of drug-likeness (QED) is 0.253. The lowest BCUT2D eigenvalue weighted by molar-refractivity contribution is -0.122. The van der Waals surface area contributed by atoms with Gasteiger partial charge in [0.15, 0.2) is 11.6 Å². The largest absolute Gasteiger partial charge is 0.497 e. The van der Waals surface area contributed by atoms with Crippen molar-refractivity contribution in [3.63, 3.8) is 0 Å². The first kappa shape index (κ1) is 26.9. The normalized spacial score (nSPS) is 23.0. The number of carbonyl (C=O) groups excluding carboxylic acids is 3. The average Bonchev–Trinajstić information content (AvgIpc) is 3.53. The summed E-state index contributed by atoms with van der Waals surface area (Å²) < 4.78 is 5.44. The van der Waals surface area contributed by atoms with Crippen LogP contribution in [0, 0.1) is 5.92 Å². The van der Waals surface area contributed by atoms with Crippen LogP contribution in [0.1, 0.15) is 62.4 Å². The Labute approximate surface area is 251 Å². The van der Waals surface area contributed by atoms with Crippen molar-refractivity contribution in [3.8, 4) is 5.75 Å². The van der Waals surface area contributed by atoms with Crippen molar-refractivity contribution < 1.29 is 19.1 Å². The van der Waals surface area contributed by atoms with E-state index in [0.717, 1.165) is 35.1 Å². The summed E-state index contributed by atoms with van der Waals surface area (Å²) in [6.07, 6.45) is 5.77. The van der Waals surface area contributed by atoms with Crippen LogP contribution in [0.15, 0.2) is 103 Å². The summed E-state index contributed by atoms with van der Waals surface area (Å²) in [5.74, 6) is -1.18. The van der Waals surface area contributed by atoms with Crippen molar-refractivity contribution >= 4 is 29.2 Å². The molecule has 1 amide bonds. The molecule has 7 rings (SSSR count). The van der Waals surface area contributed by atoms with Crippen LogP contribution in [0.3, 0.4) is 0 Å². The minimum absolute atomic E-state index is 0.226. The SMILES string of the molecule is CCCc1ccc(C(=O)[C@@H]2[C@H](C(=O)c3cccc(OC)c3)N3C=Cc4ccccc4[C@H]3[C@]23C(=O)Nc2ccccc23)cc1. The molecule has 3 aliphatic rings. The van der Waals surface area contributed by atoms with Gasteiger partial charge in [0.2, 0.25) is 5.91 Å². The van der Waals surface area contributed by atoms with Crippen LogP contribution in [-0.2, 0) is 16.6 Å². The topological polar surface area (TPSA) is 75.7 Å². The van der Waals surface area contributed by atoms with E-state index in [9.17, 15) is 14.4 Å². The Morgan fingerprint density at radius 2 is 1.65 bits per heavy atom. The van der Waals surface area contributed by atoms with Crippen molar-refractivity contribution in [2.75, 3.05) is 12.4 Å². The minimum atomic E-state index is -1.35. The second kappa shape index (κ2) is 10.4. The van der Waals surface area contributed by atoms with Crippen LogP contribution >= 0.6 is 0 Å². The number of aryl methyl sites for hydroxylation is 1. The Bertz CT molecular complexity index is 1790. The van der Waals surface area contributed by atoms with Crippen molar-refractivity contribution in [1.82, 2.24) is 4.90 Å². The van der Waals surface area contributed by atoms with E-state index in [0.29, 0.717) is 22.6 Å². The lowest BCUT2D eigenvalue weighted by Crippen LogP contribution is -2.49. The van der Waals surface area contributed by atoms with Gasteiger partial charge in [-0.25, -0.2) is 0 Å². The lowest BCUT2D eigenvalue weighted by atomic mass is 9.62. The standard InChI is InChI=1S/C37H32N2O4/c1-3-9-23-16-18-25(19-17-23)33(40)31-32(34(41)26-11-8-12-27(22-26)43-2)39-21-20-24-10-4-5-13-28(24)35(39)37(31)29-14-6-7-15-30(29)38-36(37)42/h4-8,10-22,31-32,35H,3,9H2,1-2H3,(H,38,42)/t31-,32+,35-,37+/m0/s1. The van der Waals surface area contributed by atoms with E-state index in [2.05, 4.69) is 12.2 Å². The predicted molar refractivity (Wildman–Crippen MR) is 166 cm³/mol. The van der Waals surface area contributed by atoms with E-state index in [-0.39, 0.29) is 17.5 Å². The number of nitrogens with one attached hydrogen (secondary N) is 1. The number of anilines is 1. The van der Waals surface area contributed by atoms with Crippen LogP contribution in [0.2, 0.25) is 0 Å². The second-order valence-corrected chi connectivity index (χ2v) is 11.5. The summed E-state index contributed by atoms with van der Waals surface area (Å²) in [5.41, 5.74) is 3.99. The van der Waals surface area contributed by atoms with Gasteiger partial charge < -0.3 is 15.0 Å². The molecule has 1 saturated heterocycles. The molecule has 4 atom stereocenters. The zero-order valence-electron chi connectivity index (χ0n) is 24.1. The third-order valence-electron chi connectivity index (χ3n) is 9.25. The molecule has 0 aromatic heterocycles. The first-order valence-electron chi connectivity index (χ1n) is 14.8. The van der Waals surface area contributed by atoms with Gasteiger partial charge in [0.1, 0.15) is 17.2 Å². The van der Waals surface area contributed by atoms with Gasteiger partial charge >= 0.3 is 0 Å². The highest BCUT2D eigenvalue weighted by atomic mass is 16.5. The molecule has 1 spiro atoms. The van der Waals surface area contributed by atoms with E-state index in [1.54, 1.807) is 31.4 Å². The third kappa shape index (κ3) is 3.97. The summed E-state index contributed by atoms with van der Waals surface area (Å²) in [6.45, 7) is 2.12. The minimum Gasteiger partial charge on any atom is -0.497 e. The summed E-state index contributed by atoms with van der Waals surface area (Å²) in [6, 6.07) is 28.6. The molecular weight excluding hydrogens is 536 g/mol. The Hall–Kier alpha value is -4.97. The molecular formula is C37H32N2O4. The number of ether oxygens (including phenoxy) is 1. The van der Waals surface area contributed by atoms with Gasteiger partial charge in [-0.05, 0) is 52.9 Å². The Kier molecular flexibility index (Phi) is 6.50. The highest BCUT2D eigenvalue weighted by Gasteiger charge is 2.70. The van der Waals surface area contributed by atoms with Crippen molar-refractivity contribution in [3.05, 3.63) is 137 Å². The number of hydrogen-bond acceptors (Lipinski definition) is 5. The van der Waals surface area contributed by atoms with Gasteiger partial charge in [-0.3, -0.25) is 14.4 Å². The number of ketones is 2. The molecule has 0 radical (unpaired) electrons. The predicted octanol–water partition coefficient (Wildman–Crippen LogP) is 6.63. The molecule has 0 bridgehead atoms. The van der Waals surface area contributed by atoms with Gasteiger partial charge in [0.05, 0.1) is 19.1 Å². The summed E-state index contributed by atoms with van der Waals surface area (Å²) in [5, 5.41) is 3.10. The van der Waals surface area contributed by atoms with E-state index in [4.69, 9.17) is 4.74 Å². The van der Waals surface area contributed by atoms with Crippen LogP contribution in [0.5, 0.6) is 5.75 Å². The number of fused-ring (bicyclic) bond motifs is 6. The third-order valence-corrected chi connectivity index (χ3v) is 9.25. The number of para-hydroxylation sites is 1. The molecule has 1 fully saturated rings. The van der Waals surface area contributed by atoms with Crippen LogP contribution < -0.4 is 10.1 Å². The maximum Gasteiger partial charge on any atom is 0.238 e. The van der Waals surface area contributed by atoms with Gasteiger partial charge in [-0.2, -0.15) is 0 Å². The Morgan fingerprint density at radius 3 is 2.44 bits per heavy atom.